The first kappa shape index (κ1) is 16.5. The lowest BCUT2D eigenvalue weighted by Crippen LogP contribution is -2.41. The zero-order valence-corrected chi connectivity index (χ0v) is 14.2. The van der Waals surface area contributed by atoms with Crippen LogP contribution in [0.15, 0.2) is 18.2 Å². The Morgan fingerprint density at radius 3 is 2.19 bits per heavy atom. The van der Waals surface area contributed by atoms with Crippen LogP contribution < -0.4 is 5.73 Å². The van der Waals surface area contributed by atoms with Crippen LogP contribution in [-0.4, -0.2) is 24.5 Å². The molecule has 0 aliphatic heterocycles. The largest absolute Gasteiger partial charge is 0.329 e. The summed E-state index contributed by atoms with van der Waals surface area (Å²) in [5, 5.41) is 0. The summed E-state index contributed by atoms with van der Waals surface area (Å²) in [6, 6.07) is 7.63. The predicted octanol–water partition coefficient (Wildman–Crippen LogP) is 4.20. The molecule has 1 aromatic carbocycles. The maximum absolute atomic E-state index is 6.16. The van der Waals surface area contributed by atoms with Crippen LogP contribution in [-0.2, 0) is 0 Å². The normalized spacial score (nSPS) is 24.3. The molecule has 2 heteroatoms. The van der Waals surface area contributed by atoms with Crippen molar-refractivity contribution in [3.05, 3.63) is 34.9 Å². The lowest BCUT2D eigenvalue weighted by Gasteiger charge is -2.39. The van der Waals surface area contributed by atoms with Gasteiger partial charge in [-0.05, 0) is 69.2 Å². The fourth-order valence-corrected chi connectivity index (χ4v) is 4.06. The van der Waals surface area contributed by atoms with Crippen molar-refractivity contribution in [2.24, 2.45) is 11.7 Å². The highest BCUT2D eigenvalue weighted by molar-refractivity contribution is 5.36. The molecule has 1 aliphatic carbocycles. The van der Waals surface area contributed by atoms with Crippen LogP contribution in [0.25, 0.3) is 0 Å². The molecule has 0 heterocycles. The van der Waals surface area contributed by atoms with Gasteiger partial charge in [-0.3, -0.25) is 4.90 Å². The Hall–Kier alpha value is -0.860. The Bertz CT molecular complexity index is 427. The second-order valence-electron chi connectivity index (χ2n) is 6.81. The molecule has 2 rings (SSSR count). The number of aryl methyl sites for hydroxylation is 2. The minimum Gasteiger partial charge on any atom is -0.329 e. The molecule has 1 saturated carbocycles. The number of benzene rings is 1. The third-order valence-electron chi connectivity index (χ3n) is 5.56. The quantitative estimate of drug-likeness (QED) is 0.879. The monoisotopic (exact) mass is 288 g/mol. The van der Waals surface area contributed by atoms with E-state index in [1.807, 2.05) is 0 Å². The summed E-state index contributed by atoms with van der Waals surface area (Å²) in [4.78, 5) is 2.56. The first-order valence-electron chi connectivity index (χ1n) is 8.56. The third kappa shape index (κ3) is 3.67. The van der Waals surface area contributed by atoms with Gasteiger partial charge in [0.25, 0.3) is 0 Å². The van der Waals surface area contributed by atoms with Crippen molar-refractivity contribution in [2.75, 3.05) is 13.6 Å². The fourth-order valence-electron chi connectivity index (χ4n) is 4.06. The van der Waals surface area contributed by atoms with E-state index in [0.717, 1.165) is 5.92 Å². The first-order chi connectivity index (χ1) is 10.1. The van der Waals surface area contributed by atoms with Gasteiger partial charge >= 0.3 is 0 Å². The molecular weight excluding hydrogens is 256 g/mol. The van der Waals surface area contributed by atoms with Gasteiger partial charge in [-0.15, -0.1) is 0 Å². The zero-order valence-electron chi connectivity index (χ0n) is 14.2. The Morgan fingerprint density at radius 1 is 1.14 bits per heavy atom. The van der Waals surface area contributed by atoms with Crippen LogP contribution in [0.4, 0.5) is 0 Å². The molecule has 0 aromatic heterocycles. The first-order valence-corrected chi connectivity index (χ1v) is 8.56. The van der Waals surface area contributed by atoms with Crippen molar-refractivity contribution < 1.29 is 0 Å². The summed E-state index contributed by atoms with van der Waals surface area (Å²) in [7, 11) is 2.28. The van der Waals surface area contributed by atoms with Gasteiger partial charge in [-0.25, -0.2) is 0 Å². The topological polar surface area (TPSA) is 29.3 Å². The Kier molecular flexibility index (Phi) is 5.83. The second kappa shape index (κ2) is 7.42. The van der Waals surface area contributed by atoms with Crippen LogP contribution >= 0.6 is 0 Å². The van der Waals surface area contributed by atoms with E-state index in [1.165, 1.54) is 48.8 Å². The van der Waals surface area contributed by atoms with E-state index in [-0.39, 0.29) is 0 Å². The standard InChI is InChI=1S/C19H32N2/c1-5-16-9-11-17(12-10-16)21(4)18(13-20)19-14(2)7-6-8-15(19)3/h6-8,16-18H,5,9-13,20H2,1-4H3. The summed E-state index contributed by atoms with van der Waals surface area (Å²) >= 11 is 0. The second-order valence-corrected chi connectivity index (χ2v) is 6.81. The van der Waals surface area contributed by atoms with Crippen molar-refractivity contribution in [2.45, 2.75) is 65.0 Å². The molecule has 0 radical (unpaired) electrons. The number of likely N-dealkylation sites (N-methyl/N-ethyl adjacent to an activating group) is 1. The molecule has 1 unspecified atom stereocenters. The van der Waals surface area contributed by atoms with Crippen molar-refractivity contribution in [3.8, 4) is 0 Å². The molecule has 0 bridgehead atoms. The van der Waals surface area contributed by atoms with Crippen LogP contribution in [0.5, 0.6) is 0 Å². The van der Waals surface area contributed by atoms with Gasteiger partial charge in [-0.1, -0.05) is 31.5 Å². The van der Waals surface area contributed by atoms with Gasteiger partial charge in [0, 0.05) is 18.6 Å². The molecule has 1 aromatic rings. The third-order valence-corrected chi connectivity index (χ3v) is 5.56. The molecule has 2 nitrogen and oxygen atoms in total. The minimum absolute atomic E-state index is 0.356. The molecule has 0 saturated heterocycles. The van der Waals surface area contributed by atoms with Crippen LogP contribution in [0.1, 0.15) is 61.8 Å². The van der Waals surface area contributed by atoms with E-state index in [1.54, 1.807) is 0 Å². The highest BCUT2D eigenvalue weighted by Gasteiger charge is 2.28. The van der Waals surface area contributed by atoms with E-state index >= 15 is 0 Å². The molecule has 1 aliphatic rings. The maximum Gasteiger partial charge on any atom is 0.0475 e. The molecule has 2 N–H and O–H groups in total. The van der Waals surface area contributed by atoms with Crippen LogP contribution in [0, 0.1) is 19.8 Å². The molecule has 1 fully saturated rings. The van der Waals surface area contributed by atoms with Gasteiger partial charge in [0.05, 0.1) is 0 Å². The molecule has 21 heavy (non-hydrogen) atoms. The number of rotatable bonds is 5. The summed E-state index contributed by atoms with van der Waals surface area (Å²) in [5.74, 6) is 0.950. The van der Waals surface area contributed by atoms with Gasteiger partial charge in [-0.2, -0.15) is 0 Å². The lowest BCUT2D eigenvalue weighted by molar-refractivity contribution is 0.121. The van der Waals surface area contributed by atoms with Gasteiger partial charge in [0.1, 0.15) is 0 Å². The van der Waals surface area contributed by atoms with E-state index < -0.39 is 0 Å². The predicted molar refractivity (Wildman–Crippen MR) is 91.5 cm³/mol. The smallest absolute Gasteiger partial charge is 0.0475 e. The van der Waals surface area contributed by atoms with Crippen molar-refractivity contribution in [3.63, 3.8) is 0 Å². The van der Waals surface area contributed by atoms with Crippen molar-refractivity contribution in [1.82, 2.24) is 4.90 Å². The molecule has 118 valence electrons. The van der Waals surface area contributed by atoms with E-state index in [4.69, 9.17) is 5.73 Å². The van der Waals surface area contributed by atoms with E-state index in [0.29, 0.717) is 18.6 Å². The van der Waals surface area contributed by atoms with Crippen LogP contribution in [0.3, 0.4) is 0 Å². The van der Waals surface area contributed by atoms with Crippen LogP contribution in [0.2, 0.25) is 0 Å². The average molecular weight is 288 g/mol. The SMILES string of the molecule is CCC1CCC(N(C)C(CN)c2c(C)cccc2C)CC1. The highest BCUT2D eigenvalue weighted by Crippen LogP contribution is 2.34. The van der Waals surface area contributed by atoms with E-state index in [9.17, 15) is 0 Å². The summed E-state index contributed by atoms with van der Waals surface area (Å²) in [6.45, 7) is 7.46. The summed E-state index contributed by atoms with van der Waals surface area (Å²) < 4.78 is 0. The maximum atomic E-state index is 6.16. The average Bonchev–Trinajstić information content (AvgIpc) is 2.50. The van der Waals surface area contributed by atoms with Crippen molar-refractivity contribution >= 4 is 0 Å². The Labute approximate surface area is 130 Å². The molecule has 0 amide bonds. The van der Waals surface area contributed by atoms with Gasteiger partial charge in [0.15, 0.2) is 0 Å². The molecular formula is C19H32N2. The van der Waals surface area contributed by atoms with Crippen molar-refractivity contribution in [1.29, 1.82) is 0 Å². The Morgan fingerprint density at radius 2 is 1.71 bits per heavy atom. The van der Waals surface area contributed by atoms with Gasteiger partial charge < -0.3 is 5.73 Å². The highest BCUT2D eigenvalue weighted by atomic mass is 15.2. The molecule has 0 spiro atoms. The Balaban J connectivity index is 2.14. The molecule has 1 atom stereocenters. The zero-order chi connectivity index (χ0) is 15.4. The fraction of sp³-hybridized carbons (Fsp3) is 0.684. The summed E-state index contributed by atoms with van der Waals surface area (Å²) in [5.41, 5.74) is 10.4. The number of nitrogens with zero attached hydrogens (tertiary/aromatic N) is 1. The minimum atomic E-state index is 0.356. The lowest BCUT2D eigenvalue weighted by atomic mass is 9.83. The summed E-state index contributed by atoms with van der Waals surface area (Å²) in [6.07, 6.45) is 6.77. The van der Waals surface area contributed by atoms with Gasteiger partial charge in [0.2, 0.25) is 0 Å². The number of nitrogens with two attached hydrogens (primary N) is 1. The van der Waals surface area contributed by atoms with E-state index in [2.05, 4.69) is 50.9 Å². The number of hydrogen-bond donors (Lipinski definition) is 1. The number of hydrogen-bond acceptors (Lipinski definition) is 2.